The van der Waals surface area contributed by atoms with E-state index in [9.17, 15) is 9.59 Å². The maximum absolute atomic E-state index is 12.7. The normalized spacial score (nSPS) is 24.5. The van der Waals surface area contributed by atoms with Gasteiger partial charge in [0.15, 0.2) is 0 Å². The van der Waals surface area contributed by atoms with E-state index < -0.39 is 5.69 Å². The molecule has 0 unspecified atom stereocenters. The Morgan fingerprint density at radius 3 is 2.77 bits per heavy atom. The largest absolute Gasteiger partial charge is 0.490 e. The Bertz CT molecular complexity index is 880. The van der Waals surface area contributed by atoms with E-state index in [0.29, 0.717) is 35.6 Å². The molecule has 6 nitrogen and oxygen atoms in total. The number of carbonyl (C=O) groups is 1. The number of aromatic amines is 1. The minimum atomic E-state index is -0.489. The quantitative estimate of drug-likeness (QED) is 0.897. The van der Waals surface area contributed by atoms with E-state index >= 15 is 0 Å². The van der Waals surface area contributed by atoms with E-state index in [1.54, 1.807) is 17.9 Å². The molecular weight excluding hydrogens is 354 g/mol. The van der Waals surface area contributed by atoms with Gasteiger partial charge < -0.3 is 14.6 Å². The minimum absolute atomic E-state index is 0.0906. The predicted octanol–water partition coefficient (Wildman–Crippen LogP) is 2.66. The average Bonchev–Trinajstić information content (AvgIpc) is 3.17. The number of likely N-dealkylation sites (tertiary alicyclic amines) is 1. The van der Waals surface area contributed by atoms with Crippen molar-refractivity contribution < 1.29 is 9.53 Å². The number of nitrogens with one attached hydrogen (secondary N) is 1. The summed E-state index contributed by atoms with van der Waals surface area (Å²) in [5.74, 6) is 1.35. The van der Waals surface area contributed by atoms with E-state index in [-0.39, 0.29) is 17.7 Å². The zero-order chi connectivity index (χ0) is 18.3. The molecule has 1 amide bonds. The Kier molecular flexibility index (Phi) is 4.44. The molecule has 1 N–H and O–H groups in total. The third-order valence-corrected chi connectivity index (χ3v) is 5.53. The highest BCUT2D eigenvalue weighted by Gasteiger charge is 2.45. The minimum Gasteiger partial charge on any atom is -0.490 e. The van der Waals surface area contributed by atoms with Crippen molar-refractivity contribution in [3.05, 3.63) is 57.2 Å². The van der Waals surface area contributed by atoms with Crippen LogP contribution in [-0.4, -0.2) is 40.0 Å². The van der Waals surface area contributed by atoms with Gasteiger partial charge in [0.05, 0.1) is 0 Å². The Morgan fingerprint density at radius 1 is 1.27 bits per heavy atom. The van der Waals surface area contributed by atoms with Crippen molar-refractivity contribution in [2.75, 3.05) is 13.1 Å². The van der Waals surface area contributed by atoms with E-state index in [1.807, 2.05) is 24.3 Å². The fourth-order valence-electron chi connectivity index (χ4n) is 4.07. The smallest absolute Gasteiger partial charge is 0.345 e. The first kappa shape index (κ1) is 17.1. The SMILES string of the molecule is Cc1cc(C(=O)N2C[C@@H]3CC[C@H](Oc4ccc(Cl)cc4)[C@@H]3C2)nc(=O)[nH]1. The number of benzene rings is 1. The second-order valence-electron chi connectivity index (χ2n) is 7.08. The lowest BCUT2D eigenvalue weighted by atomic mass is 9.99. The van der Waals surface area contributed by atoms with Gasteiger partial charge >= 0.3 is 5.69 Å². The number of fused-ring (bicyclic) bond motifs is 1. The summed E-state index contributed by atoms with van der Waals surface area (Å²) in [4.78, 5) is 32.5. The van der Waals surface area contributed by atoms with Crippen LogP contribution in [0.4, 0.5) is 0 Å². The molecule has 0 bridgehead atoms. The van der Waals surface area contributed by atoms with Gasteiger partial charge in [-0.2, -0.15) is 4.98 Å². The fourth-order valence-corrected chi connectivity index (χ4v) is 4.19. The fraction of sp³-hybridized carbons (Fsp3) is 0.421. The van der Waals surface area contributed by atoms with Crippen molar-refractivity contribution >= 4 is 17.5 Å². The molecule has 1 saturated heterocycles. The number of hydrogen-bond donors (Lipinski definition) is 1. The van der Waals surface area contributed by atoms with Crippen LogP contribution in [0.5, 0.6) is 5.75 Å². The molecule has 136 valence electrons. The number of amides is 1. The van der Waals surface area contributed by atoms with Crippen LogP contribution in [0.1, 0.15) is 29.0 Å². The topological polar surface area (TPSA) is 75.3 Å². The molecule has 4 rings (SSSR count). The third-order valence-electron chi connectivity index (χ3n) is 5.28. The molecule has 1 aromatic heterocycles. The number of aromatic nitrogens is 2. The monoisotopic (exact) mass is 373 g/mol. The standard InChI is InChI=1S/C19H20ClN3O3/c1-11-8-16(22-19(25)21-11)18(24)23-9-12-2-7-17(15(12)10-23)26-14-5-3-13(20)4-6-14/h3-6,8,12,15,17H,2,7,9-10H2,1H3,(H,21,22,25)/t12-,15+,17-/m0/s1. The van der Waals surface area contributed by atoms with Crippen molar-refractivity contribution in [3.63, 3.8) is 0 Å². The number of H-pyrrole nitrogens is 1. The van der Waals surface area contributed by atoms with Crippen LogP contribution in [0.3, 0.4) is 0 Å². The van der Waals surface area contributed by atoms with Crippen molar-refractivity contribution in [1.82, 2.24) is 14.9 Å². The van der Waals surface area contributed by atoms with Crippen molar-refractivity contribution in [2.45, 2.75) is 25.9 Å². The molecule has 0 radical (unpaired) electrons. The lowest BCUT2D eigenvalue weighted by Crippen LogP contribution is -2.34. The molecule has 2 heterocycles. The molecule has 1 aliphatic heterocycles. The molecule has 0 spiro atoms. The van der Waals surface area contributed by atoms with Crippen LogP contribution >= 0.6 is 11.6 Å². The molecule has 7 heteroatoms. The molecule has 1 aromatic carbocycles. The summed E-state index contributed by atoms with van der Waals surface area (Å²) in [7, 11) is 0. The Balaban J connectivity index is 1.46. The molecule has 3 atom stereocenters. The third kappa shape index (κ3) is 3.33. The van der Waals surface area contributed by atoms with Gasteiger partial charge in [0.25, 0.3) is 5.91 Å². The summed E-state index contributed by atoms with van der Waals surface area (Å²) in [5, 5.41) is 0.680. The number of carbonyl (C=O) groups excluding carboxylic acids is 1. The van der Waals surface area contributed by atoms with Gasteiger partial charge in [-0.25, -0.2) is 4.79 Å². The highest BCUT2D eigenvalue weighted by molar-refractivity contribution is 6.30. The van der Waals surface area contributed by atoms with Gasteiger partial charge in [-0.1, -0.05) is 11.6 Å². The highest BCUT2D eigenvalue weighted by Crippen LogP contribution is 2.40. The van der Waals surface area contributed by atoms with Crippen LogP contribution in [0.15, 0.2) is 35.1 Å². The van der Waals surface area contributed by atoms with E-state index in [1.165, 1.54) is 0 Å². The van der Waals surface area contributed by atoms with Gasteiger partial charge in [-0.05, 0) is 56.0 Å². The Hall–Kier alpha value is -2.34. The lowest BCUT2D eigenvalue weighted by Gasteiger charge is -2.22. The zero-order valence-electron chi connectivity index (χ0n) is 14.4. The second-order valence-corrected chi connectivity index (χ2v) is 7.51. The number of nitrogens with zero attached hydrogens (tertiary/aromatic N) is 2. The van der Waals surface area contributed by atoms with Gasteiger partial charge in [-0.15, -0.1) is 0 Å². The molecule has 2 fully saturated rings. The summed E-state index contributed by atoms with van der Waals surface area (Å²) in [6.45, 7) is 3.07. The van der Waals surface area contributed by atoms with Crippen molar-refractivity contribution in [1.29, 1.82) is 0 Å². The summed E-state index contributed by atoms with van der Waals surface area (Å²) in [6, 6.07) is 9.00. The first-order valence-electron chi connectivity index (χ1n) is 8.79. The maximum Gasteiger partial charge on any atom is 0.345 e. The maximum atomic E-state index is 12.7. The van der Waals surface area contributed by atoms with Crippen LogP contribution in [0, 0.1) is 18.8 Å². The molecule has 2 aliphatic rings. The number of ether oxygens (including phenoxy) is 1. The second kappa shape index (κ2) is 6.76. The zero-order valence-corrected chi connectivity index (χ0v) is 15.2. The van der Waals surface area contributed by atoms with Crippen molar-refractivity contribution in [3.8, 4) is 5.75 Å². The summed E-state index contributed by atoms with van der Waals surface area (Å²) >= 11 is 5.92. The van der Waals surface area contributed by atoms with Gasteiger partial charge in [0.2, 0.25) is 0 Å². The summed E-state index contributed by atoms with van der Waals surface area (Å²) in [6.07, 6.45) is 2.12. The van der Waals surface area contributed by atoms with Crippen molar-refractivity contribution in [2.24, 2.45) is 11.8 Å². The first-order chi connectivity index (χ1) is 12.5. The predicted molar refractivity (Wildman–Crippen MR) is 97.6 cm³/mol. The Labute approximate surface area is 156 Å². The van der Waals surface area contributed by atoms with Crippen LogP contribution in [0.25, 0.3) is 0 Å². The summed E-state index contributed by atoms with van der Waals surface area (Å²) in [5.41, 5.74) is 0.356. The van der Waals surface area contributed by atoms with E-state index in [4.69, 9.17) is 16.3 Å². The molecule has 1 saturated carbocycles. The molecule has 26 heavy (non-hydrogen) atoms. The number of hydrogen-bond acceptors (Lipinski definition) is 4. The van der Waals surface area contributed by atoms with E-state index in [2.05, 4.69) is 9.97 Å². The lowest BCUT2D eigenvalue weighted by molar-refractivity contribution is 0.0756. The molecule has 1 aliphatic carbocycles. The Morgan fingerprint density at radius 2 is 2.04 bits per heavy atom. The van der Waals surface area contributed by atoms with Gasteiger partial charge in [0.1, 0.15) is 17.5 Å². The van der Waals surface area contributed by atoms with Gasteiger partial charge in [-0.3, -0.25) is 4.79 Å². The van der Waals surface area contributed by atoms with Crippen LogP contribution in [-0.2, 0) is 0 Å². The number of rotatable bonds is 3. The summed E-state index contributed by atoms with van der Waals surface area (Å²) < 4.78 is 6.15. The first-order valence-corrected chi connectivity index (χ1v) is 9.17. The average molecular weight is 374 g/mol. The van der Waals surface area contributed by atoms with Crippen LogP contribution < -0.4 is 10.4 Å². The molecule has 2 aromatic rings. The van der Waals surface area contributed by atoms with E-state index in [0.717, 1.165) is 18.6 Å². The number of aryl methyl sites for hydroxylation is 1. The molecular formula is C19H20ClN3O3. The van der Waals surface area contributed by atoms with Gasteiger partial charge in [0, 0.05) is 29.7 Å². The van der Waals surface area contributed by atoms with Crippen LogP contribution in [0.2, 0.25) is 5.02 Å². The number of halogens is 1. The highest BCUT2D eigenvalue weighted by atomic mass is 35.5.